The van der Waals surface area contributed by atoms with Crippen molar-refractivity contribution in [1.29, 1.82) is 0 Å². The average molecular weight is 501 g/mol. The Bertz CT molecular complexity index is 1140. The van der Waals surface area contributed by atoms with Gasteiger partial charge in [0.25, 0.3) is 0 Å². The first-order valence-electron chi connectivity index (χ1n) is 8.51. The minimum atomic E-state index is -4.50. The minimum Gasteiger partial charge on any atom is -0.744 e. The van der Waals surface area contributed by atoms with Crippen molar-refractivity contribution in [1.82, 2.24) is 0 Å². The number of methoxy groups -OCH3 is 2. The van der Waals surface area contributed by atoms with Crippen molar-refractivity contribution < 1.29 is 94.5 Å². The van der Waals surface area contributed by atoms with E-state index in [2.05, 4.69) is 0 Å². The smallest absolute Gasteiger partial charge is 0.744 e. The molecule has 0 unspecified atom stereocenters. The Labute approximate surface area is 233 Å². The van der Waals surface area contributed by atoms with Gasteiger partial charge in [-0.2, -0.15) is 0 Å². The summed E-state index contributed by atoms with van der Waals surface area (Å²) in [5.41, 5.74) is 1.01. The van der Waals surface area contributed by atoms with Gasteiger partial charge in [0, 0.05) is 0 Å². The molecule has 2 rings (SSSR count). The summed E-state index contributed by atoms with van der Waals surface area (Å²) in [6.07, 6.45) is 6.68. The molecule has 0 atom stereocenters. The largest absolute Gasteiger partial charge is 1.00 e. The third kappa shape index (κ3) is 10.5. The van der Waals surface area contributed by atoms with E-state index in [1.54, 1.807) is 50.3 Å². The van der Waals surface area contributed by atoms with Gasteiger partial charge in [-0.1, -0.05) is 36.4 Å². The molecular weight excluding hydrogens is 478 g/mol. The molecule has 0 saturated heterocycles. The molecule has 8 nitrogen and oxygen atoms in total. The van der Waals surface area contributed by atoms with Crippen molar-refractivity contribution >= 4 is 32.4 Å². The van der Waals surface area contributed by atoms with Crippen molar-refractivity contribution in [2.75, 3.05) is 14.2 Å². The fourth-order valence-electron chi connectivity index (χ4n) is 2.36. The second-order valence-corrected chi connectivity index (χ2v) is 8.42. The summed E-state index contributed by atoms with van der Waals surface area (Å²) in [7, 11) is -6.24. The third-order valence-electron chi connectivity index (χ3n) is 3.65. The van der Waals surface area contributed by atoms with Gasteiger partial charge in [0.1, 0.15) is 31.7 Å². The zero-order valence-corrected chi connectivity index (χ0v) is 24.5. The Morgan fingerprint density at radius 3 is 1.75 bits per heavy atom. The number of rotatable bonds is 6. The molecule has 0 bridgehead atoms. The topological polar surface area (TPSA) is 133 Å². The van der Waals surface area contributed by atoms with Gasteiger partial charge in [-0.05, 0) is 49.2 Å². The van der Waals surface area contributed by atoms with Gasteiger partial charge in [0.2, 0.25) is 0 Å². The normalized spacial score (nSPS) is 11.2. The number of hydrogen-bond acceptors (Lipinski definition) is 8. The van der Waals surface area contributed by atoms with Gasteiger partial charge in [0.15, 0.2) is 0 Å². The Morgan fingerprint density at radius 1 is 0.750 bits per heavy atom. The van der Waals surface area contributed by atoms with Gasteiger partial charge < -0.3 is 18.6 Å². The van der Waals surface area contributed by atoms with Crippen LogP contribution in [0.5, 0.6) is 11.5 Å². The van der Waals surface area contributed by atoms with Crippen LogP contribution in [-0.4, -0.2) is 40.2 Å². The van der Waals surface area contributed by atoms with Crippen LogP contribution in [0.3, 0.4) is 0 Å². The van der Waals surface area contributed by atoms with Crippen molar-refractivity contribution in [3.05, 3.63) is 59.7 Å². The van der Waals surface area contributed by atoms with E-state index >= 15 is 0 Å². The Kier molecular flexibility index (Phi) is 16.0. The van der Waals surface area contributed by atoms with Gasteiger partial charge in [-0.15, -0.1) is 0 Å². The number of allylic oxidation sites excluding steroid dienone is 2. The molecule has 0 fully saturated rings. The average Bonchev–Trinajstić information content (AvgIpc) is 2.68. The van der Waals surface area contributed by atoms with E-state index in [1.807, 2.05) is 0 Å². The van der Waals surface area contributed by atoms with Gasteiger partial charge in [0.05, 0.1) is 24.0 Å². The molecule has 0 N–H and O–H groups in total. The number of hydrogen-bond donors (Lipinski definition) is 0. The SMILES string of the molecule is C/C=C/c1ccc(OC)c(S(=O)(=O)[O-])c1.C/C=C/c1ccc(OC)cc1S(=O)(=O)[O-].[Na+].[Na+]. The molecule has 0 aliphatic heterocycles. The van der Waals surface area contributed by atoms with E-state index in [0.717, 1.165) is 0 Å². The van der Waals surface area contributed by atoms with Crippen molar-refractivity contribution in [2.45, 2.75) is 23.6 Å². The van der Waals surface area contributed by atoms with Crippen LogP contribution in [0.2, 0.25) is 0 Å². The van der Waals surface area contributed by atoms with Crippen LogP contribution in [0.4, 0.5) is 0 Å². The zero-order chi connectivity index (χ0) is 22.9. The van der Waals surface area contributed by atoms with Crippen LogP contribution in [-0.2, 0) is 20.2 Å². The predicted octanol–water partition coefficient (Wildman–Crippen LogP) is -2.73. The first kappa shape index (κ1) is 33.5. The number of benzene rings is 2. The minimum absolute atomic E-state index is 0. The Balaban J connectivity index is 0. The monoisotopic (exact) mass is 500 g/mol. The Morgan fingerprint density at radius 2 is 1.31 bits per heavy atom. The first-order chi connectivity index (χ1) is 14.0. The van der Waals surface area contributed by atoms with Crippen LogP contribution >= 0.6 is 0 Å². The van der Waals surface area contributed by atoms with E-state index in [1.165, 1.54) is 38.5 Å². The standard InChI is InChI=1S/2C10H12O4S.2Na/c1-3-4-8-5-6-9(14-2)7-10(8)15(11,12)13;1-3-4-8-5-6-9(14-2)10(7-8)15(11,12)13;;/h2*3-7H,1-2H3,(H,11,12,13);;/q;;2*+1/p-2/b2*4-3+;;. The summed E-state index contributed by atoms with van der Waals surface area (Å²) in [6.45, 7) is 3.54. The fraction of sp³-hybridized carbons (Fsp3) is 0.200. The van der Waals surface area contributed by atoms with Gasteiger partial charge in [-0.3, -0.25) is 0 Å². The second-order valence-electron chi connectivity index (χ2n) is 5.72. The summed E-state index contributed by atoms with van der Waals surface area (Å²) in [5, 5.41) is 0. The van der Waals surface area contributed by atoms with Crippen LogP contribution in [0.1, 0.15) is 25.0 Å². The zero-order valence-electron chi connectivity index (χ0n) is 18.9. The molecule has 0 aromatic heterocycles. The molecule has 0 saturated carbocycles. The van der Waals surface area contributed by atoms with Crippen LogP contribution < -0.4 is 68.6 Å². The third-order valence-corrected chi connectivity index (χ3v) is 5.40. The van der Waals surface area contributed by atoms with E-state index < -0.39 is 20.2 Å². The van der Waals surface area contributed by atoms with Crippen LogP contribution in [0, 0.1) is 0 Å². The van der Waals surface area contributed by atoms with E-state index in [9.17, 15) is 25.9 Å². The predicted molar refractivity (Wildman–Crippen MR) is 111 cm³/mol. The molecule has 0 aliphatic rings. The fourth-order valence-corrected chi connectivity index (χ4v) is 3.72. The molecule has 2 aromatic carbocycles. The molecule has 0 spiro atoms. The Hall–Kier alpha value is -0.660. The summed E-state index contributed by atoms with van der Waals surface area (Å²) in [4.78, 5) is -0.597. The first-order valence-corrected chi connectivity index (χ1v) is 11.3. The molecule has 12 heteroatoms. The van der Waals surface area contributed by atoms with E-state index in [-0.39, 0.29) is 74.7 Å². The van der Waals surface area contributed by atoms with Crippen LogP contribution in [0.15, 0.2) is 58.3 Å². The summed E-state index contributed by atoms with van der Waals surface area (Å²) >= 11 is 0. The maximum Gasteiger partial charge on any atom is 1.00 e. The molecule has 164 valence electrons. The van der Waals surface area contributed by atoms with E-state index in [4.69, 9.17) is 9.47 Å². The molecule has 32 heavy (non-hydrogen) atoms. The molecule has 2 aromatic rings. The van der Waals surface area contributed by atoms with Crippen LogP contribution in [0.25, 0.3) is 12.2 Å². The molecular formula is C20H22Na2O8S2. The summed E-state index contributed by atoms with van der Waals surface area (Å²) in [5.74, 6) is 0.413. The quantitative estimate of drug-likeness (QED) is 0.309. The molecule has 0 heterocycles. The van der Waals surface area contributed by atoms with Gasteiger partial charge in [-0.25, -0.2) is 16.8 Å². The van der Waals surface area contributed by atoms with Gasteiger partial charge >= 0.3 is 59.1 Å². The molecule has 0 radical (unpaired) electrons. The van der Waals surface area contributed by atoms with Crippen molar-refractivity contribution in [3.8, 4) is 11.5 Å². The second kappa shape index (κ2) is 15.3. The van der Waals surface area contributed by atoms with E-state index in [0.29, 0.717) is 16.9 Å². The summed E-state index contributed by atoms with van der Waals surface area (Å²) < 4.78 is 75.2. The molecule has 0 aliphatic carbocycles. The summed E-state index contributed by atoms with van der Waals surface area (Å²) in [6, 6.07) is 8.78. The van der Waals surface area contributed by atoms with Crippen molar-refractivity contribution in [3.63, 3.8) is 0 Å². The maximum atomic E-state index is 11.0. The van der Waals surface area contributed by atoms with Crippen molar-refractivity contribution in [2.24, 2.45) is 0 Å². The number of ether oxygens (including phenoxy) is 2. The molecule has 0 amide bonds. The maximum absolute atomic E-state index is 11.0.